The quantitative estimate of drug-likeness (QED) is 0.777. The molecule has 24 heavy (non-hydrogen) atoms. The van der Waals surface area contributed by atoms with Crippen molar-refractivity contribution >= 4 is 0 Å². The predicted molar refractivity (Wildman–Crippen MR) is 75.6 cm³/mol. The molecule has 9 nitrogen and oxygen atoms in total. The first-order valence-corrected chi connectivity index (χ1v) is 6.43. The summed E-state index contributed by atoms with van der Waals surface area (Å²) in [6.45, 7) is 3.71. The van der Waals surface area contributed by atoms with Gasteiger partial charge in [-0.25, -0.2) is 15.0 Å². The molecule has 0 bridgehead atoms. The highest BCUT2D eigenvalue weighted by molar-refractivity contribution is 5.38. The summed E-state index contributed by atoms with van der Waals surface area (Å²) in [5.74, 6) is -0.997. The third kappa shape index (κ3) is 2.67. The molecule has 0 fully saturated rings. The van der Waals surface area contributed by atoms with E-state index in [-0.39, 0.29) is 17.5 Å². The highest BCUT2D eigenvalue weighted by Gasteiger charge is 2.40. The summed E-state index contributed by atoms with van der Waals surface area (Å²) in [6.07, 6.45) is 0. The van der Waals surface area contributed by atoms with Crippen LogP contribution < -0.4 is 0 Å². The zero-order valence-corrected chi connectivity index (χ0v) is 13.0. The van der Waals surface area contributed by atoms with E-state index in [2.05, 4.69) is 15.0 Å². The molecule has 0 aliphatic carbocycles. The van der Waals surface area contributed by atoms with Gasteiger partial charge in [0.2, 0.25) is 0 Å². The summed E-state index contributed by atoms with van der Waals surface area (Å²) < 4.78 is 0. The third-order valence-electron chi connectivity index (χ3n) is 3.32. The normalized spacial score (nSPS) is 10.9. The van der Waals surface area contributed by atoms with Crippen molar-refractivity contribution in [2.24, 2.45) is 0 Å². The van der Waals surface area contributed by atoms with E-state index >= 15 is 0 Å². The van der Waals surface area contributed by atoms with Crippen molar-refractivity contribution in [3.05, 3.63) is 17.5 Å². The summed E-state index contributed by atoms with van der Waals surface area (Å²) in [5, 5.41) is 55.3. The standard InChI is InChI=1S/C15H9N9/c1-13(4-16,5-17)10-22-11(14(2,6-18)7-19)24-12(23-10)15(3,8-20)9-21/h1-3H3. The lowest BCUT2D eigenvalue weighted by Gasteiger charge is -2.19. The fraction of sp³-hybridized carbons (Fsp3) is 0.400. The lowest BCUT2D eigenvalue weighted by molar-refractivity contribution is 0.594. The summed E-state index contributed by atoms with van der Waals surface area (Å²) in [4.78, 5) is 11.7. The van der Waals surface area contributed by atoms with Gasteiger partial charge in [-0.2, -0.15) is 31.6 Å². The van der Waals surface area contributed by atoms with E-state index in [0.717, 1.165) is 0 Å². The average molecular weight is 315 g/mol. The Kier molecular flexibility index (Phi) is 4.49. The number of hydrogen-bond acceptors (Lipinski definition) is 9. The minimum atomic E-state index is -1.80. The number of nitrogens with zero attached hydrogens (tertiary/aromatic N) is 9. The lowest BCUT2D eigenvalue weighted by atomic mass is 9.89. The molecule has 114 valence electrons. The van der Waals surface area contributed by atoms with E-state index in [4.69, 9.17) is 0 Å². The summed E-state index contributed by atoms with van der Waals surface area (Å²) in [7, 11) is 0. The van der Waals surface area contributed by atoms with Gasteiger partial charge in [-0.3, -0.25) is 0 Å². The molecular weight excluding hydrogens is 306 g/mol. The van der Waals surface area contributed by atoms with Gasteiger partial charge in [0.1, 0.15) is 0 Å². The third-order valence-corrected chi connectivity index (χ3v) is 3.32. The van der Waals surface area contributed by atoms with Gasteiger partial charge in [-0.05, 0) is 20.8 Å². The van der Waals surface area contributed by atoms with E-state index in [9.17, 15) is 31.6 Å². The number of nitriles is 6. The second-order valence-electron chi connectivity index (χ2n) is 5.35. The maximum absolute atomic E-state index is 9.22. The molecular formula is C15H9N9. The zero-order chi connectivity index (χ0) is 18.6. The molecule has 0 saturated heterocycles. The molecule has 1 heterocycles. The van der Waals surface area contributed by atoms with Crippen molar-refractivity contribution in [2.75, 3.05) is 0 Å². The monoisotopic (exact) mass is 315 g/mol. The van der Waals surface area contributed by atoms with E-state index in [0.29, 0.717) is 0 Å². The van der Waals surface area contributed by atoms with E-state index in [1.165, 1.54) is 20.8 Å². The van der Waals surface area contributed by atoms with Gasteiger partial charge in [0.25, 0.3) is 0 Å². The Labute approximate surface area is 138 Å². The minimum Gasteiger partial charge on any atom is -0.212 e. The molecule has 0 aliphatic heterocycles. The van der Waals surface area contributed by atoms with Gasteiger partial charge in [-0.15, -0.1) is 0 Å². The summed E-state index contributed by atoms with van der Waals surface area (Å²) in [6, 6.07) is 10.4. The first kappa shape index (κ1) is 18.0. The van der Waals surface area contributed by atoms with E-state index in [1.54, 1.807) is 36.4 Å². The number of rotatable bonds is 3. The van der Waals surface area contributed by atoms with Crippen LogP contribution in [0.15, 0.2) is 0 Å². The van der Waals surface area contributed by atoms with Crippen molar-refractivity contribution in [3.8, 4) is 36.4 Å². The topological polar surface area (TPSA) is 181 Å². The molecule has 0 N–H and O–H groups in total. The van der Waals surface area contributed by atoms with Gasteiger partial charge in [0, 0.05) is 0 Å². The number of hydrogen-bond donors (Lipinski definition) is 0. The van der Waals surface area contributed by atoms with E-state index < -0.39 is 16.2 Å². The van der Waals surface area contributed by atoms with Gasteiger partial charge < -0.3 is 0 Å². The SMILES string of the molecule is CC(C#N)(C#N)c1nc(C(C)(C#N)C#N)nc(C(C)(C#N)C#N)n1. The van der Waals surface area contributed by atoms with Gasteiger partial charge >= 0.3 is 0 Å². The predicted octanol–water partition coefficient (Wildman–Crippen LogP) is 0.786. The molecule has 0 spiro atoms. The van der Waals surface area contributed by atoms with Gasteiger partial charge in [-0.1, -0.05) is 0 Å². The molecule has 0 aromatic carbocycles. The maximum Gasteiger partial charge on any atom is 0.200 e. The second kappa shape index (κ2) is 5.98. The maximum atomic E-state index is 9.22. The van der Waals surface area contributed by atoms with Crippen molar-refractivity contribution in [2.45, 2.75) is 37.0 Å². The van der Waals surface area contributed by atoms with Crippen LogP contribution in [0.2, 0.25) is 0 Å². The van der Waals surface area contributed by atoms with Gasteiger partial charge in [0.05, 0.1) is 36.4 Å². The van der Waals surface area contributed by atoms with Crippen molar-refractivity contribution in [1.29, 1.82) is 31.6 Å². The van der Waals surface area contributed by atoms with Crippen molar-refractivity contribution in [1.82, 2.24) is 15.0 Å². The van der Waals surface area contributed by atoms with Crippen LogP contribution >= 0.6 is 0 Å². The first-order valence-electron chi connectivity index (χ1n) is 6.43. The summed E-state index contributed by atoms with van der Waals surface area (Å²) >= 11 is 0. The van der Waals surface area contributed by atoms with Crippen LogP contribution in [0.5, 0.6) is 0 Å². The van der Waals surface area contributed by atoms with Crippen LogP contribution in [-0.2, 0) is 16.2 Å². The molecule has 1 aromatic heterocycles. The highest BCUT2D eigenvalue weighted by Crippen LogP contribution is 2.27. The molecule has 0 atom stereocenters. The Balaban J connectivity index is 3.95. The van der Waals surface area contributed by atoms with Crippen LogP contribution in [0.25, 0.3) is 0 Å². The molecule has 0 unspecified atom stereocenters. The smallest absolute Gasteiger partial charge is 0.200 e. The zero-order valence-electron chi connectivity index (χ0n) is 13.0. The van der Waals surface area contributed by atoms with Crippen LogP contribution in [0, 0.1) is 68.0 Å². The Morgan fingerprint density at radius 2 is 0.667 bits per heavy atom. The fourth-order valence-electron chi connectivity index (χ4n) is 1.42. The molecule has 0 aliphatic rings. The highest BCUT2D eigenvalue weighted by atomic mass is 15.1. The minimum absolute atomic E-state index is 0.332. The van der Waals surface area contributed by atoms with Crippen LogP contribution in [-0.4, -0.2) is 15.0 Å². The largest absolute Gasteiger partial charge is 0.212 e. The van der Waals surface area contributed by atoms with E-state index in [1.807, 2.05) is 0 Å². The molecule has 1 aromatic rings. The van der Waals surface area contributed by atoms with Gasteiger partial charge in [0.15, 0.2) is 33.7 Å². The molecule has 0 amide bonds. The molecule has 0 radical (unpaired) electrons. The Bertz CT molecular complexity index is 756. The second-order valence-corrected chi connectivity index (χ2v) is 5.35. The average Bonchev–Trinajstić information content (AvgIpc) is 2.65. The first-order chi connectivity index (χ1) is 11.2. The Hall–Kier alpha value is -4.05. The van der Waals surface area contributed by atoms with Crippen LogP contribution in [0.3, 0.4) is 0 Å². The number of aromatic nitrogens is 3. The van der Waals surface area contributed by atoms with Crippen molar-refractivity contribution < 1.29 is 0 Å². The lowest BCUT2D eigenvalue weighted by Crippen LogP contribution is -2.32. The molecule has 9 heteroatoms. The molecule has 0 saturated carbocycles. The van der Waals surface area contributed by atoms with Crippen LogP contribution in [0.1, 0.15) is 38.2 Å². The van der Waals surface area contributed by atoms with Crippen LogP contribution in [0.4, 0.5) is 0 Å². The Morgan fingerprint density at radius 3 is 0.792 bits per heavy atom. The summed E-state index contributed by atoms with van der Waals surface area (Å²) in [5.41, 5.74) is -5.40. The van der Waals surface area contributed by atoms with Crippen molar-refractivity contribution in [3.63, 3.8) is 0 Å². The Morgan fingerprint density at radius 1 is 0.500 bits per heavy atom. The molecule has 1 rings (SSSR count). The fourth-order valence-corrected chi connectivity index (χ4v) is 1.42.